The van der Waals surface area contributed by atoms with Gasteiger partial charge >= 0.3 is 0 Å². The van der Waals surface area contributed by atoms with Gasteiger partial charge in [0.2, 0.25) is 0 Å². The second-order valence-electron chi connectivity index (χ2n) is 3.35. The lowest BCUT2D eigenvalue weighted by atomic mass is 10.3. The van der Waals surface area contributed by atoms with Gasteiger partial charge in [-0.15, -0.1) is 0 Å². The van der Waals surface area contributed by atoms with Crippen LogP contribution in [-0.4, -0.2) is 19.7 Å². The number of hydrogen-bond acceptors (Lipinski definition) is 4. The maximum atomic E-state index is 11.2. The molecule has 1 aromatic rings. The van der Waals surface area contributed by atoms with Crippen LogP contribution in [0.1, 0.15) is 13.8 Å². The van der Waals surface area contributed by atoms with Crippen molar-refractivity contribution >= 4 is 21.6 Å². The lowest BCUT2D eigenvalue weighted by Crippen LogP contribution is -2.19. The molecule has 0 aliphatic carbocycles. The molecule has 0 heterocycles. The van der Waals surface area contributed by atoms with Crippen LogP contribution >= 0.6 is 11.6 Å². The molecule has 0 saturated heterocycles. The van der Waals surface area contributed by atoms with E-state index in [0.717, 1.165) is 0 Å². The molecule has 0 fully saturated rings. The first-order valence-corrected chi connectivity index (χ1v) is 6.35. The number of rotatable bonds is 4. The van der Waals surface area contributed by atoms with E-state index >= 15 is 0 Å². The number of sulfonamides is 1. The summed E-state index contributed by atoms with van der Waals surface area (Å²) < 4.78 is 27.8. The van der Waals surface area contributed by atoms with E-state index in [-0.39, 0.29) is 16.0 Å². The number of benzene rings is 1. The molecule has 0 spiro atoms. The molecule has 0 radical (unpaired) electrons. The molecule has 0 bridgehead atoms. The van der Waals surface area contributed by atoms with Gasteiger partial charge in [0.1, 0.15) is 5.75 Å². The summed E-state index contributed by atoms with van der Waals surface area (Å²) in [5.41, 5.74) is 0. The zero-order valence-electron chi connectivity index (χ0n) is 8.77. The third-order valence-corrected chi connectivity index (χ3v) is 3.11. The molecule has 2 N–H and O–H groups in total. The van der Waals surface area contributed by atoms with E-state index in [9.17, 15) is 8.42 Å². The fourth-order valence-electron chi connectivity index (χ4n) is 1.05. The zero-order valence-corrected chi connectivity index (χ0v) is 10.3. The third-order valence-electron chi connectivity index (χ3n) is 1.70. The summed E-state index contributed by atoms with van der Waals surface area (Å²) in [7, 11) is -3.90. The fraction of sp³-hybridized carbons (Fsp3) is 0.333. The SMILES string of the molecule is CC(C)Oc1ccc(S(=O)(=O)NO)cc1Cl. The van der Waals surface area contributed by atoms with Gasteiger partial charge in [-0.2, -0.15) is 0 Å². The van der Waals surface area contributed by atoms with Gasteiger partial charge < -0.3 is 9.94 Å². The first-order valence-electron chi connectivity index (χ1n) is 4.49. The van der Waals surface area contributed by atoms with E-state index in [4.69, 9.17) is 21.5 Å². The minimum Gasteiger partial charge on any atom is -0.489 e. The normalized spacial score (nSPS) is 11.8. The van der Waals surface area contributed by atoms with Crippen molar-refractivity contribution in [1.82, 2.24) is 4.89 Å². The average molecular weight is 266 g/mol. The lowest BCUT2D eigenvalue weighted by Gasteiger charge is -2.11. The van der Waals surface area contributed by atoms with Crippen LogP contribution in [0.4, 0.5) is 0 Å². The number of ether oxygens (including phenoxy) is 1. The topological polar surface area (TPSA) is 75.6 Å². The van der Waals surface area contributed by atoms with Crippen molar-refractivity contribution in [2.24, 2.45) is 0 Å². The monoisotopic (exact) mass is 265 g/mol. The molecular weight excluding hydrogens is 254 g/mol. The second kappa shape index (κ2) is 5.01. The van der Waals surface area contributed by atoms with Crippen LogP contribution in [-0.2, 0) is 10.0 Å². The van der Waals surface area contributed by atoms with E-state index in [0.29, 0.717) is 5.75 Å². The van der Waals surface area contributed by atoms with Crippen molar-refractivity contribution in [3.63, 3.8) is 0 Å². The Labute approximate surface area is 99.0 Å². The van der Waals surface area contributed by atoms with Crippen LogP contribution in [0.25, 0.3) is 0 Å². The Balaban J connectivity index is 3.09. The first kappa shape index (κ1) is 13.2. The van der Waals surface area contributed by atoms with E-state index < -0.39 is 10.0 Å². The van der Waals surface area contributed by atoms with Gasteiger partial charge in [0.05, 0.1) is 16.0 Å². The zero-order chi connectivity index (χ0) is 12.3. The van der Waals surface area contributed by atoms with Crippen molar-refractivity contribution in [2.45, 2.75) is 24.8 Å². The van der Waals surface area contributed by atoms with Crippen molar-refractivity contribution in [3.05, 3.63) is 23.2 Å². The Hall–Kier alpha value is -0.820. The lowest BCUT2D eigenvalue weighted by molar-refractivity contribution is 0.241. The molecule has 0 aromatic heterocycles. The quantitative estimate of drug-likeness (QED) is 0.814. The Kier molecular flexibility index (Phi) is 4.15. The molecule has 0 unspecified atom stereocenters. The van der Waals surface area contributed by atoms with Crippen molar-refractivity contribution in [1.29, 1.82) is 0 Å². The number of halogens is 1. The average Bonchev–Trinajstić information content (AvgIpc) is 2.20. The molecule has 0 saturated carbocycles. The highest BCUT2D eigenvalue weighted by Gasteiger charge is 2.15. The van der Waals surface area contributed by atoms with Gasteiger partial charge in [0.15, 0.2) is 0 Å². The molecular formula is C9H12ClNO4S. The van der Waals surface area contributed by atoms with Gasteiger partial charge in [-0.25, -0.2) is 8.42 Å². The Morgan fingerprint density at radius 1 is 1.44 bits per heavy atom. The number of hydrogen-bond donors (Lipinski definition) is 2. The smallest absolute Gasteiger partial charge is 0.262 e. The standard InChI is InChI=1S/C9H12ClNO4S/c1-6(2)15-9-4-3-7(5-8(9)10)16(13,14)11-12/h3-6,11-12H,1-2H3. The van der Waals surface area contributed by atoms with Crippen LogP contribution in [0, 0.1) is 0 Å². The summed E-state index contributed by atoms with van der Waals surface area (Å²) >= 11 is 5.84. The summed E-state index contributed by atoms with van der Waals surface area (Å²) in [5.74, 6) is 0.397. The first-order chi connectivity index (χ1) is 7.36. The Morgan fingerprint density at radius 3 is 2.50 bits per heavy atom. The molecule has 1 aromatic carbocycles. The molecule has 16 heavy (non-hydrogen) atoms. The van der Waals surface area contributed by atoms with Crippen LogP contribution in [0.3, 0.4) is 0 Å². The van der Waals surface area contributed by atoms with Crippen LogP contribution in [0.5, 0.6) is 5.75 Å². The summed E-state index contributed by atoms with van der Waals surface area (Å²) in [4.78, 5) is 1.09. The van der Waals surface area contributed by atoms with E-state index in [1.54, 1.807) is 0 Å². The van der Waals surface area contributed by atoms with E-state index in [1.807, 2.05) is 13.8 Å². The van der Waals surface area contributed by atoms with Crippen molar-refractivity contribution in [3.8, 4) is 5.75 Å². The minimum absolute atomic E-state index is 0.0593. The summed E-state index contributed by atoms with van der Waals surface area (Å²) in [6.07, 6.45) is -0.0593. The molecule has 7 heteroatoms. The summed E-state index contributed by atoms with van der Waals surface area (Å²) in [6.45, 7) is 3.66. The predicted molar refractivity (Wildman–Crippen MR) is 59.3 cm³/mol. The second-order valence-corrected chi connectivity index (χ2v) is 5.42. The molecule has 0 aliphatic heterocycles. The van der Waals surface area contributed by atoms with Crippen LogP contribution < -0.4 is 9.62 Å². The molecule has 0 aliphatic rings. The van der Waals surface area contributed by atoms with Crippen molar-refractivity contribution < 1.29 is 18.4 Å². The molecule has 1 rings (SSSR count). The maximum Gasteiger partial charge on any atom is 0.262 e. The highest BCUT2D eigenvalue weighted by Crippen LogP contribution is 2.27. The Bertz CT molecular complexity index is 472. The van der Waals surface area contributed by atoms with Crippen LogP contribution in [0.15, 0.2) is 23.1 Å². The van der Waals surface area contributed by atoms with E-state index in [1.165, 1.54) is 23.1 Å². The van der Waals surface area contributed by atoms with Gasteiger partial charge in [0, 0.05) is 0 Å². The third kappa shape index (κ3) is 3.08. The Morgan fingerprint density at radius 2 is 2.06 bits per heavy atom. The van der Waals surface area contributed by atoms with Crippen molar-refractivity contribution in [2.75, 3.05) is 0 Å². The van der Waals surface area contributed by atoms with Gasteiger partial charge in [-0.05, 0) is 32.0 Å². The number of nitrogens with one attached hydrogen (secondary N) is 1. The highest BCUT2D eigenvalue weighted by molar-refractivity contribution is 7.89. The molecule has 0 amide bonds. The molecule has 0 atom stereocenters. The largest absolute Gasteiger partial charge is 0.489 e. The van der Waals surface area contributed by atoms with Gasteiger partial charge in [-0.3, -0.25) is 0 Å². The summed E-state index contributed by atoms with van der Waals surface area (Å²) in [5, 5.41) is 8.61. The minimum atomic E-state index is -3.90. The van der Waals surface area contributed by atoms with E-state index in [2.05, 4.69) is 0 Å². The van der Waals surface area contributed by atoms with Gasteiger partial charge in [-0.1, -0.05) is 16.5 Å². The summed E-state index contributed by atoms with van der Waals surface area (Å²) in [6, 6.07) is 3.94. The van der Waals surface area contributed by atoms with Crippen LogP contribution in [0.2, 0.25) is 5.02 Å². The van der Waals surface area contributed by atoms with Gasteiger partial charge in [0.25, 0.3) is 10.0 Å². The molecule has 90 valence electrons. The molecule has 5 nitrogen and oxygen atoms in total. The fourth-order valence-corrected chi connectivity index (χ4v) is 1.97. The maximum absolute atomic E-state index is 11.2. The highest BCUT2D eigenvalue weighted by atomic mass is 35.5. The predicted octanol–water partition coefficient (Wildman–Crippen LogP) is 1.79.